The molecule has 1 amide bonds. The van der Waals surface area contributed by atoms with Gasteiger partial charge in [0.2, 0.25) is 5.91 Å². The molecule has 2 N–H and O–H groups in total. The quantitative estimate of drug-likeness (QED) is 0.664. The first-order valence-corrected chi connectivity index (χ1v) is 8.61. The number of ether oxygens (including phenoxy) is 2. The van der Waals surface area contributed by atoms with E-state index in [-0.39, 0.29) is 11.9 Å². The minimum Gasteiger partial charge on any atom is -0.497 e. The average Bonchev–Trinajstić information content (AvgIpc) is 2.63. The van der Waals surface area contributed by atoms with Gasteiger partial charge in [0.15, 0.2) is 0 Å². The molecule has 1 saturated heterocycles. The van der Waals surface area contributed by atoms with E-state index in [4.69, 9.17) is 9.47 Å². The third-order valence-electron chi connectivity index (χ3n) is 4.31. The van der Waals surface area contributed by atoms with Crippen molar-refractivity contribution in [2.24, 2.45) is 0 Å². The van der Waals surface area contributed by atoms with E-state index in [0.717, 1.165) is 45.0 Å². The number of benzene rings is 1. The molecule has 1 unspecified atom stereocenters. The molecular formula is C18H29N3O3. The normalized spacial score (nSPS) is 16.6. The minimum atomic E-state index is 0.108. The molecule has 24 heavy (non-hydrogen) atoms. The zero-order valence-electron chi connectivity index (χ0n) is 14.7. The van der Waals surface area contributed by atoms with Crippen molar-refractivity contribution in [3.8, 4) is 5.75 Å². The summed E-state index contributed by atoms with van der Waals surface area (Å²) in [6.07, 6.45) is 1.41. The lowest BCUT2D eigenvalue weighted by molar-refractivity contribution is -0.121. The molecule has 0 radical (unpaired) electrons. The van der Waals surface area contributed by atoms with Crippen LogP contribution in [0.1, 0.15) is 24.4 Å². The maximum Gasteiger partial charge on any atom is 0.220 e. The van der Waals surface area contributed by atoms with Crippen molar-refractivity contribution in [3.63, 3.8) is 0 Å². The summed E-state index contributed by atoms with van der Waals surface area (Å²) >= 11 is 0. The number of hydrogen-bond donors (Lipinski definition) is 2. The molecule has 1 aliphatic rings. The zero-order valence-corrected chi connectivity index (χ0v) is 14.7. The summed E-state index contributed by atoms with van der Waals surface area (Å²) in [4.78, 5) is 14.4. The van der Waals surface area contributed by atoms with E-state index in [9.17, 15) is 4.79 Å². The van der Waals surface area contributed by atoms with Crippen LogP contribution in [0.25, 0.3) is 0 Å². The van der Waals surface area contributed by atoms with E-state index in [1.807, 2.05) is 19.2 Å². The van der Waals surface area contributed by atoms with Crippen LogP contribution in [0.4, 0.5) is 0 Å². The van der Waals surface area contributed by atoms with Crippen molar-refractivity contribution >= 4 is 5.91 Å². The third kappa shape index (κ3) is 5.78. The van der Waals surface area contributed by atoms with Gasteiger partial charge in [-0.05, 0) is 37.7 Å². The number of hydrogen-bond acceptors (Lipinski definition) is 5. The van der Waals surface area contributed by atoms with E-state index in [1.54, 1.807) is 7.11 Å². The lowest BCUT2D eigenvalue weighted by atomic mass is 10.0. The smallest absolute Gasteiger partial charge is 0.220 e. The Bertz CT molecular complexity index is 487. The number of amides is 1. The second kappa shape index (κ2) is 10.3. The summed E-state index contributed by atoms with van der Waals surface area (Å²) < 4.78 is 10.7. The topological polar surface area (TPSA) is 62.8 Å². The Morgan fingerprint density at radius 3 is 2.62 bits per heavy atom. The Kier molecular flexibility index (Phi) is 8.01. The zero-order chi connectivity index (χ0) is 17.2. The summed E-state index contributed by atoms with van der Waals surface area (Å²) in [6, 6.07) is 8.25. The van der Waals surface area contributed by atoms with Crippen LogP contribution in [-0.4, -0.2) is 64.4 Å². The average molecular weight is 335 g/mol. The first-order valence-electron chi connectivity index (χ1n) is 8.61. The molecule has 1 aromatic carbocycles. The second-order valence-corrected chi connectivity index (χ2v) is 5.95. The Morgan fingerprint density at radius 1 is 1.29 bits per heavy atom. The lowest BCUT2D eigenvalue weighted by Crippen LogP contribution is -2.43. The number of methoxy groups -OCH3 is 1. The number of carbonyl (C=O) groups is 1. The highest BCUT2D eigenvalue weighted by Gasteiger charge is 2.23. The molecule has 1 aliphatic heterocycles. The molecule has 2 rings (SSSR count). The van der Waals surface area contributed by atoms with Gasteiger partial charge >= 0.3 is 0 Å². The Labute approximate surface area is 144 Å². The molecule has 1 aromatic rings. The van der Waals surface area contributed by atoms with Crippen LogP contribution in [0.15, 0.2) is 24.3 Å². The van der Waals surface area contributed by atoms with Crippen LogP contribution < -0.4 is 15.4 Å². The molecular weight excluding hydrogens is 306 g/mol. The van der Waals surface area contributed by atoms with Gasteiger partial charge in [-0.1, -0.05) is 12.1 Å². The van der Waals surface area contributed by atoms with Gasteiger partial charge in [-0.3, -0.25) is 9.69 Å². The molecule has 0 saturated carbocycles. The fourth-order valence-electron chi connectivity index (χ4n) is 2.90. The van der Waals surface area contributed by atoms with Crippen molar-refractivity contribution in [1.82, 2.24) is 15.5 Å². The Hall–Kier alpha value is -1.63. The van der Waals surface area contributed by atoms with Gasteiger partial charge in [0.1, 0.15) is 5.75 Å². The van der Waals surface area contributed by atoms with Crippen LogP contribution in [0.5, 0.6) is 5.75 Å². The predicted octanol–water partition coefficient (Wildman–Crippen LogP) is 1.18. The van der Waals surface area contributed by atoms with Crippen molar-refractivity contribution in [1.29, 1.82) is 0 Å². The molecule has 1 atom stereocenters. The number of carbonyl (C=O) groups excluding carboxylic acids is 1. The van der Waals surface area contributed by atoms with Crippen molar-refractivity contribution in [2.45, 2.75) is 18.9 Å². The fourth-order valence-corrected chi connectivity index (χ4v) is 2.90. The summed E-state index contributed by atoms with van der Waals surface area (Å²) in [5.41, 5.74) is 1.19. The molecule has 134 valence electrons. The molecule has 6 heteroatoms. The van der Waals surface area contributed by atoms with Crippen LogP contribution in [0, 0.1) is 0 Å². The molecule has 0 bridgehead atoms. The van der Waals surface area contributed by atoms with Crippen molar-refractivity contribution in [3.05, 3.63) is 29.8 Å². The van der Waals surface area contributed by atoms with Crippen LogP contribution in [0.2, 0.25) is 0 Å². The number of nitrogens with one attached hydrogen (secondary N) is 2. The third-order valence-corrected chi connectivity index (χ3v) is 4.31. The standard InChI is InChI=1S/C18H29N3O3/c1-19-9-3-4-18(22)20-14-17(21-10-12-24-13-11-21)15-5-7-16(23-2)8-6-15/h5-8,17,19H,3-4,9-14H2,1-2H3,(H,20,22). The molecule has 0 aliphatic carbocycles. The SMILES string of the molecule is CNCCCC(=O)NCC(c1ccc(OC)cc1)N1CCOCC1. The maximum atomic E-state index is 12.0. The van der Waals surface area contributed by atoms with Crippen LogP contribution in [0.3, 0.4) is 0 Å². The molecule has 1 heterocycles. The van der Waals surface area contributed by atoms with Crippen molar-refractivity contribution < 1.29 is 14.3 Å². The van der Waals surface area contributed by atoms with Gasteiger partial charge in [0.05, 0.1) is 26.4 Å². The number of rotatable bonds is 9. The first-order chi connectivity index (χ1) is 11.7. The molecule has 6 nitrogen and oxygen atoms in total. The second-order valence-electron chi connectivity index (χ2n) is 5.95. The van der Waals surface area contributed by atoms with Gasteiger partial charge in [-0.2, -0.15) is 0 Å². The highest BCUT2D eigenvalue weighted by Crippen LogP contribution is 2.23. The Morgan fingerprint density at radius 2 is 2.00 bits per heavy atom. The molecule has 0 aromatic heterocycles. The van der Waals surface area contributed by atoms with Gasteiger partial charge in [0.25, 0.3) is 0 Å². The van der Waals surface area contributed by atoms with E-state index < -0.39 is 0 Å². The van der Waals surface area contributed by atoms with Crippen molar-refractivity contribution in [2.75, 3.05) is 53.6 Å². The first kappa shape index (κ1) is 18.7. The van der Waals surface area contributed by atoms with Gasteiger partial charge in [-0.15, -0.1) is 0 Å². The highest BCUT2D eigenvalue weighted by atomic mass is 16.5. The highest BCUT2D eigenvalue weighted by molar-refractivity contribution is 5.75. The summed E-state index contributed by atoms with van der Waals surface area (Å²) in [7, 11) is 3.57. The van der Waals surface area contributed by atoms with E-state index >= 15 is 0 Å². The van der Waals surface area contributed by atoms with E-state index in [2.05, 4.69) is 27.7 Å². The van der Waals surface area contributed by atoms with Crippen LogP contribution >= 0.6 is 0 Å². The summed E-state index contributed by atoms with van der Waals surface area (Å²) in [5.74, 6) is 0.951. The molecule has 1 fully saturated rings. The largest absolute Gasteiger partial charge is 0.497 e. The predicted molar refractivity (Wildman–Crippen MR) is 94.3 cm³/mol. The summed E-state index contributed by atoms with van der Waals surface area (Å²) in [6.45, 7) is 4.72. The van der Waals surface area contributed by atoms with Crippen LogP contribution in [-0.2, 0) is 9.53 Å². The van der Waals surface area contributed by atoms with E-state index in [1.165, 1.54) is 5.56 Å². The fraction of sp³-hybridized carbons (Fsp3) is 0.611. The molecule has 0 spiro atoms. The lowest BCUT2D eigenvalue weighted by Gasteiger charge is -2.35. The van der Waals surface area contributed by atoms with Gasteiger partial charge in [0, 0.05) is 26.1 Å². The van der Waals surface area contributed by atoms with Gasteiger partial charge in [-0.25, -0.2) is 0 Å². The van der Waals surface area contributed by atoms with E-state index in [0.29, 0.717) is 13.0 Å². The Balaban J connectivity index is 1.98. The number of nitrogens with zero attached hydrogens (tertiary/aromatic N) is 1. The summed E-state index contributed by atoms with van der Waals surface area (Å²) in [5, 5.41) is 6.15. The minimum absolute atomic E-state index is 0.108. The number of morpholine rings is 1. The maximum absolute atomic E-state index is 12.0. The monoisotopic (exact) mass is 335 g/mol. The van der Waals surface area contributed by atoms with Gasteiger partial charge < -0.3 is 20.1 Å².